The summed E-state index contributed by atoms with van der Waals surface area (Å²) in [6.45, 7) is 0. The molecule has 3 aromatic rings. The molecule has 0 spiro atoms. The molecule has 1 heterocycles. The van der Waals surface area contributed by atoms with Gasteiger partial charge in [-0.3, -0.25) is 0 Å². The van der Waals surface area contributed by atoms with Crippen molar-refractivity contribution < 1.29 is 13.5 Å². The summed E-state index contributed by atoms with van der Waals surface area (Å²) < 4.78 is 31.7. The number of hydrogen-bond donors (Lipinski definition) is 0. The minimum absolute atomic E-state index is 0.114. The molecule has 0 amide bonds. The Morgan fingerprint density at radius 1 is 0.895 bits per heavy atom. The third kappa shape index (κ3) is 2.22. The molecule has 0 aliphatic carbocycles. The Bertz CT molecular complexity index is 746. The predicted octanol–water partition coefficient (Wildman–Crippen LogP) is 3.70. The van der Waals surface area contributed by atoms with Crippen LogP contribution in [-0.4, -0.2) is 9.97 Å². The van der Waals surface area contributed by atoms with E-state index in [9.17, 15) is 8.78 Å². The largest absolute Gasteiger partial charge is 0.434 e. The third-order valence-corrected chi connectivity index (χ3v) is 2.56. The van der Waals surface area contributed by atoms with E-state index in [1.165, 1.54) is 18.3 Å². The Hall–Kier alpha value is -2.56. The molecule has 1 aromatic heterocycles. The molecule has 0 aliphatic heterocycles. The lowest BCUT2D eigenvalue weighted by Gasteiger charge is -2.06. The van der Waals surface area contributed by atoms with Crippen molar-refractivity contribution in [1.29, 1.82) is 0 Å². The van der Waals surface area contributed by atoms with Gasteiger partial charge in [0.15, 0.2) is 11.6 Å². The highest BCUT2D eigenvalue weighted by molar-refractivity contribution is 5.74. The molecule has 0 bridgehead atoms. The first-order valence-corrected chi connectivity index (χ1v) is 5.58. The third-order valence-electron chi connectivity index (χ3n) is 2.56. The van der Waals surface area contributed by atoms with Gasteiger partial charge in [0.2, 0.25) is 11.7 Å². The molecule has 0 atom stereocenters. The molecule has 3 rings (SSSR count). The fraction of sp³-hybridized carbons (Fsp3) is 0. The SMILES string of the molecule is Fc1cccc(Oc2cnc3ccccc3n2)c1F. The summed E-state index contributed by atoms with van der Waals surface area (Å²) in [7, 11) is 0. The van der Waals surface area contributed by atoms with Crippen LogP contribution >= 0.6 is 0 Å². The second-order valence-electron chi connectivity index (χ2n) is 3.85. The number of ether oxygens (including phenoxy) is 1. The molecule has 5 heteroatoms. The fourth-order valence-corrected chi connectivity index (χ4v) is 1.66. The van der Waals surface area contributed by atoms with Crippen LogP contribution in [0.5, 0.6) is 11.6 Å². The molecule has 0 aliphatic rings. The van der Waals surface area contributed by atoms with Gasteiger partial charge in [-0.2, -0.15) is 4.39 Å². The van der Waals surface area contributed by atoms with Gasteiger partial charge in [-0.05, 0) is 24.3 Å². The topological polar surface area (TPSA) is 35.0 Å². The van der Waals surface area contributed by atoms with Crippen molar-refractivity contribution in [3.63, 3.8) is 0 Å². The van der Waals surface area contributed by atoms with Crippen molar-refractivity contribution in [2.75, 3.05) is 0 Å². The molecule has 94 valence electrons. The van der Waals surface area contributed by atoms with Crippen molar-refractivity contribution in [2.45, 2.75) is 0 Å². The number of nitrogens with zero attached hydrogens (tertiary/aromatic N) is 2. The summed E-state index contributed by atoms with van der Waals surface area (Å²) in [5, 5.41) is 0. The average Bonchev–Trinajstić information content (AvgIpc) is 2.44. The maximum Gasteiger partial charge on any atom is 0.238 e. The van der Waals surface area contributed by atoms with Crippen molar-refractivity contribution in [1.82, 2.24) is 9.97 Å². The lowest BCUT2D eigenvalue weighted by atomic mass is 10.3. The standard InChI is InChI=1S/C14H8F2N2O/c15-9-4-3-7-12(14(9)16)19-13-8-17-10-5-1-2-6-11(10)18-13/h1-8H. The highest BCUT2D eigenvalue weighted by atomic mass is 19.2. The van der Waals surface area contributed by atoms with E-state index in [1.54, 1.807) is 12.1 Å². The first-order valence-electron chi connectivity index (χ1n) is 5.58. The Labute approximate surface area is 107 Å². The number of benzene rings is 2. The monoisotopic (exact) mass is 258 g/mol. The van der Waals surface area contributed by atoms with Gasteiger partial charge in [0, 0.05) is 0 Å². The number of aromatic nitrogens is 2. The minimum Gasteiger partial charge on any atom is -0.434 e. The zero-order valence-electron chi connectivity index (χ0n) is 9.68. The summed E-state index contributed by atoms with van der Waals surface area (Å²) >= 11 is 0. The Morgan fingerprint density at radius 3 is 2.53 bits per heavy atom. The van der Waals surface area contributed by atoms with Gasteiger partial charge in [-0.15, -0.1) is 0 Å². The van der Waals surface area contributed by atoms with Gasteiger partial charge in [0.25, 0.3) is 0 Å². The summed E-state index contributed by atoms with van der Waals surface area (Å²) in [4.78, 5) is 8.29. The predicted molar refractivity (Wildman–Crippen MR) is 66.0 cm³/mol. The van der Waals surface area contributed by atoms with Gasteiger partial charge in [-0.25, -0.2) is 14.4 Å². The van der Waals surface area contributed by atoms with Crippen molar-refractivity contribution >= 4 is 11.0 Å². The second-order valence-corrected chi connectivity index (χ2v) is 3.85. The van der Waals surface area contributed by atoms with Crippen LogP contribution in [0.15, 0.2) is 48.7 Å². The highest BCUT2D eigenvalue weighted by Crippen LogP contribution is 2.25. The van der Waals surface area contributed by atoms with Crippen molar-refractivity contribution in [3.8, 4) is 11.6 Å². The smallest absolute Gasteiger partial charge is 0.238 e. The maximum absolute atomic E-state index is 13.5. The van der Waals surface area contributed by atoms with E-state index in [0.29, 0.717) is 11.0 Å². The lowest BCUT2D eigenvalue weighted by molar-refractivity contribution is 0.405. The maximum atomic E-state index is 13.5. The van der Waals surface area contributed by atoms with E-state index in [1.807, 2.05) is 12.1 Å². The first kappa shape index (κ1) is 11.5. The van der Waals surface area contributed by atoms with Gasteiger partial charge >= 0.3 is 0 Å². The average molecular weight is 258 g/mol. The molecule has 0 N–H and O–H groups in total. The van der Waals surface area contributed by atoms with E-state index >= 15 is 0 Å². The molecule has 0 saturated heterocycles. The van der Waals surface area contributed by atoms with Crippen LogP contribution < -0.4 is 4.74 Å². The van der Waals surface area contributed by atoms with Crippen molar-refractivity contribution in [3.05, 3.63) is 60.3 Å². The van der Waals surface area contributed by atoms with Crippen LogP contribution in [0, 0.1) is 11.6 Å². The quantitative estimate of drug-likeness (QED) is 0.703. The second kappa shape index (κ2) is 4.61. The van der Waals surface area contributed by atoms with Gasteiger partial charge in [0.05, 0.1) is 17.2 Å². The van der Waals surface area contributed by atoms with Gasteiger partial charge in [-0.1, -0.05) is 18.2 Å². The van der Waals surface area contributed by atoms with E-state index in [4.69, 9.17) is 4.74 Å². The molecule has 0 fully saturated rings. The number of rotatable bonds is 2. The Kier molecular flexibility index (Phi) is 2.79. The van der Waals surface area contributed by atoms with E-state index in [-0.39, 0.29) is 11.6 Å². The van der Waals surface area contributed by atoms with Crippen LogP contribution in [0.3, 0.4) is 0 Å². The van der Waals surface area contributed by atoms with E-state index < -0.39 is 11.6 Å². The zero-order valence-corrected chi connectivity index (χ0v) is 9.68. The lowest BCUT2D eigenvalue weighted by Crippen LogP contribution is -1.94. The van der Waals surface area contributed by atoms with Gasteiger partial charge in [0.1, 0.15) is 0 Å². The number of fused-ring (bicyclic) bond motifs is 1. The molecular formula is C14H8F2N2O. The van der Waals surface area contributed by atoms with Crippen LogP contribution in [-0.2, 0) is 0 Å². The molecule has 2 aromatic carbocycles. The summed E-state index contributed by atoms with van der Waals surface area (Å²) in [6, 6.07) is 10.9. The summed E-state index contributed by atoms with van der Waals surface area (Å²) in [6.07, 6.45) is 1.37. The van der Waals surface area contributed by atoms with Crippen LogP contribution in [0.25, 0.3) is 11.0 Å². The van der Waals surface area contributed by atoms with Crippen LogP contribution in [0.1, 0.15) is 0 Å². The van der Waals surface area contributed by atoms with E-state index in [0.717, 1.165) is 6.07 Å². The summed E-state index contributed by atoms with van der Waals surface area (Å²) in [5.41, 5.74) is 1.33. The fourth-order valence-electron chi connectivity index (χ4n) is 1.66. The molecular weight excluding hydrogens is 250 g/mol. The van der Waals surface area contributed by atoms with Crippen molar-refractivity contribution in [2.24, 2.45) is 0 Å². The molecule has 0 radical (unpaired) electrons. The van der Waals surface area contributed by atoms with Crippen LogP contribution in [0.4, 0.5) is 8.78 Å². The number of hydrogen-bond acceptors (Lipinski definition) is 3. The first-order chi connectivity index (χ1) is 9.24. The Morgan fingerprint density at radius 2 is 1.68 bits per heavy atom. The Balaban J connectivity index is 1.99. The molecule has 3 nitrogen and oxygen atoms in total. The molecule has 0 saturated carbocycles. The minimum atomic E-state index is -1.04. The van der Waals surface area contributed by atoms with Gasteiger partial charge < -0.3 is 4.74 Å². The highest BCUT2D eigenvalue weighted by Gasteiger charge is 2.10. The number of halogens is 2. The van der Waals surface area contributed by atoms with Crippen LogP contribution in [0.2, 0.25) is 0 Å². The normalized spacial score (nSPS) is 10.6. The molecule has 19 heavy (non-hydrogen) atoms. The molecule has 0 unspecified atom stereocenters. The van der Waals surface area contributed by atoms with E-state index in [2.05, 4.69) is 9.97 Å². The number of para-hydroxylation sites is 2. The summed E-state index contributed by atoms with van der Waals surface area (Å²) in [5.74, 6) is -2.11. The zero-order chi connectivity index (χ0) is 13.2.